The van der Waals surface area contributed by atoms with E-state index in [9.17, 15) is 4.79 Å². The molecule has 1 aliphatic carbocycles. The summed E-state index contributed by atoms with van der Waals surface area (Å²) in [5, 5.41) is 7.02. The molecule has 5 heteroatoms. The molecule has 0 spiro atoms. The lowest BCUT2D eigenvalue weighted by atomic mass is 9.95. The number of halogens is 2. The molecule has 1 fully saturated rings. The summed E-state index contributed by atoms with van der Waals surface area (Å²) >= 11 is 6.17. The van der Waals surface area contributed by atoms with Crippen LogP contribution in [0.5, 0.6) is 0 Å². The fourth-order valence-electron chi connectivity index (χ4n) is 2.30. The quantitative estimate of drug-likeness (QED) is 0.806. The van der Waals surface area contributed by atoms with Crippen LogP contribution in [-0.4, -0.2) is 24.5 Å². The van der Waals surface area contributed by atoms with E-state index in [1.54, 1.807) is 0 Å². The van der Waals surface area contributed by atoms with Crippen LogP contribution in [0.2, 0.25) is 5.02 Å². The Kier molecular flexibility index (Phi) is 6.98. The zero-order valence-electron chi connectivity index (χ0n) is 12.6. The van der Waals surface area contributed by atoms with Crippen molar-refractivity contribution < 1.29 is 4.79 Å². The zero-order valence-corrected chi connectivity index (χ0v) is 14.2. The number of nitrogens with one attached hydrogen (secondary N) is 2. The van der Waals surface area contributed by atoms with Crippen molar-refractivity contribution in [2.45, 2.75) is 38.6 Å². The monoisotopic (exact) mass is 330 g/mol. The number of hydrogen-bond donors (Lipinski definition) is 2. The molecule has 0 unspecified atom stereocenters. The van der Waals surface area contributed by atoms with Crippen LogP contribution in [0, 0.1) is 5.92 Å². The van der Waals surface area contributed by atoms with Gasteiger partial charge in [0, 0.05) is 10.6 Å². The van der Waals surface area contributed by atoms with Crippen molar-refractivity contribution >= 4 is 29.9 Å². The van der Waals surface area contributed by atoms with Gasteiger partial charge in [0.05, 0.1) is 6.54 Å². The summed E-state index contributed by atoms with van der Waals surface area (Å²) < 4.78 is 0. The van der Waals surface area contributed by atoms with Crippen LogP contribution in [0.15, 0.2) is 24.3 Å². The van der Waals surface area contributed by atoms with Gasteiger partial charge in [-0.15, -0.1) is 12.4 Å². The molecule has 21 heavy (non-hydrogen) atoms. The van der Waals surface area contributed by atoms with E-state index >= 15 is 0 Å². The molecule has 118 valence electrons. The fraction of sp³-hybridized carbons (Fsp3) is 0.562. The normalized spacial score (nSPS) is 14.4. The van der Waals surface area contributed by atoms with Gasteiger partial charge in [-0.2, -0.15) is 0 Å². The maximum atomic E-state index is 11.9. The first-order valence-corrected chi connectivity index (χ1v) is 7.59. The summed E-state index contributed by atoms with van der Waals surface area (Å²) in [6.07, 6.45) is 3.32. The first-order valence-electron chi connectivity index (χ1n) is 7.21. The van der Waals surface area contributed by atoms with Crippen molar-refractivity contribution in [3.63, 3.8) is 0 Å². The number of carbonyl (C=O) groups excluding carboxylic acids is 1. The van der Waals surface area contributed by atoms with Gasteiger partial charge in [0.25, 0.3) is 0 Å². The Bertz CT molecular complexity index is 473. The van der Waals surface area contributed by atoms with E-state index < -0.39 is 0 Å². The van der Waals surface area contributed by atoms with Gasteiger partial charge >= 0.3 is 0 Å². The van der Waals surface area contributed by atoms with Gasteiger partial charge in [-0.25, -0.2) is 0 Å². The number of carbonyl (C=O) groups is 1. The molecule has 3 nitrogen and oxygen atoms in total. The predicted molar refractivity (Wildman–Crippen MR) is 90.2 cm³/mol. The van der Waals surface area contributed by atoms with Crippen LogP contribution in [0.4, 0.5) is 0 Å². The van der Waals surface area contributed by atoms with Gasteiger partial charge in [-0.05, 0) is 57.2 Å². The van der Waals surface area contributed by atoms with Crippen molar-refractivity contribution in [3.8, 4) is 0 Å². The highest BCUT2D eigenvalue weighted by Gasteiger charge is 2.23. The number of hydrogen-bond acceptors (Lipinski definition) is 2. The molecule has 0 saturated heterocycles. The molecular formula is C16H24Cl2N2O. The lowest BCUT2D eigenvalue weighted by molar-refractivity contribution is -0.121. The van der Waals surface area contributed by atoms with E-state index in [4.69, 9.17) is 11.6 Å². The first-order chi connectivity index (χ1) is 9.46. The molecule has 1 aliphatic rings. The van der Waals surface area contributed by atoms with Crippen LogP contribution in [-0.2, 0) is 11.2 Å². The van der Waals surface area contributed by atoms with Crippen LogP contribution < -0.4 is 10.6 Å². The summed E-state index contributed by atoms with van der Waals surface area (Å²) in [5.41, 5.74) is 0.758. The van der Waals surface area contributed by atoms with Crippen LogP contribution in [0.3, 0.4) is 0 Å². The van der Waals surface area contributed by atoms with Crippen LogP contribution >= 0.6 is 24.0 Å². The molecule has 0 heterocycles. The standard InChI is InChI=1S/C16H23ClN2O.ClH/c1-16(2,9-13-5-3-4-6-14(13)17)19-15(20)11-18-10-12-7-8-12;/h3-6,12,18H,7-11H2,1-2H3,(H,19,20);1H. The first kappa shape index (κ1) is 18.3. The van der Waals surface area contributed by atoms with Gasteiger partial charge in [0.15, 0.2) is 0 Å². The average Bonchev–Trinajstić information content (AvgIpc) is 3.15. The predicted octanol–water partition coefficient (Wildman–Crippen LogP) is 3.20. The summed E-state index contributed by atoms with van der Waals surface area (Å²) in [4.78, 5) is 11.9. The van der Waals surface area contributed by atoms with Gasteiger partial charge in [0.1, 0.15) is 0 Å². The van der Waals surface area contributed by atoms with E-state index in [1.807, 2.05) is 38.1 Å². The molecule has 1 aromatic carbocycles. The van der Waals surface area contributed by atoms with Crippen molar-refractivity contribution in [2.24, 2.45) is 5.92 Å². The van der Waals surface area contributed by atoms with Crippen molar-refractivity contribution in [2.75, 3.05) is 13.1 Å². The zero-order chi connectivity index (χ0) is 14.6. The SMILES string of the molecule is CC(C)(Cc1ccccc1Cl)NC(=O)CNCC1CC1.Cl. The summed E-state index contributed by atoms with van der Waals surface area (Å²) in [6.45, 7) is 5.39. The molecule has 2 N–H and O–H groups in total. The van der Waals surface area contributed by atoms with Gasteiger partial charge in [-0.3, -0.25) is 4.79 Å². The highest BCUT2D eigenvalue weighted by Crippen LogP contribution is 2.27. The van der Waals surface area contributed by atoms with Crippen molar-refractivity contribution in [1.29, 1.82) is 0 Å². The molecule has 2 rings (SSSR count). The third kappa shape index (κ3) is 6.68. The van der Waals surface area contributed by atoms with Gasteiger partial charge in [-0.1, -0.05) is 29.8 Å². The lowest BCUT2D eigenvalue weighted by Crippen LogP contribution is -2.48. The van der Waals surface area contributed by atoms with Crippen LogP contribution in [0.25, 0.3) is 0 Å². The minimum Gasteiger partial charge on any atom is -0.350 e. The minimum absolute atomic E-state index is 0. The third-order valence-corrected chi connectivity index (χ3v) is 3.85. The molecule has 0 aromatic heterocycles. The molecular weight excluding hydrogens is 307 g/mol. The molecule has 1 aromatic rings. The van der Waals surface area contributed by atoms with Crippen molar-refractivity contribution in [1.82, 2.24) is 10.6 Å². The summed E-state index contributed by atoms with van der Waals surface area (Å²) in [7, 11) is 0. The lowest BCUT2D eigenvalue weighted by Gasteiger charge is -2.27. The largest absolute Gasteiger partial charge is 0.350 e. The molecule has 0 atom stereocenters. The van der Waals surface area contributed by atoms with E-state index in [1.165, 1.54) is 12.8 Å². The number of rotatable bonds is 7. The topological polar surface area (TPSA) is 41.1 Å². The Morgan fingerprint density at radius 3 is 2.62 bits per heavy atom. The Balaban J connectivity index is 0.00000220. The molecule has 0 aliphatic heterocycles. The van der Waals surface area contributed by atoms with E-state index in [2.05, 4.69) is 10.6 Å². The third-order valence-electron chi connectivity index (χ3n) is 3.48. The summed E-state index contributed by atoms with van der Waals surface area (Å²) in [5.74, 6) is 0.835. The Labute approximate surface area is 138 Å². The highest BCUT2D eigenvalue weighted by molar-refractivity contribution is 6.31. The van der Waals surface area contributed by atoms with E-state index in [-0.39, 0.29) is 23.9 Å². The van der Waals surface area contributed by atoms with E-state index in [0.29, 0.717) is 6.54 Å². The van der Waals surface area contributed by atoms with Crippen molar-refractivity contribution in [3.05, 3.63) is 34.9 Å². The highest BCUT2D eigenvalue weighted by atomic mass is 35.5. The minimum atomic E-state index is -0.302. The maximum absolute atomic E-state index is 11.9. The summed E-state index contributed by atoms with van der Waals surface area (Å²) in [6, 6.07) is 7.77. The van der Waals surface area contributed by atoms with Gasteiger partial charge < -0.3 is 10.6 Å². The Morgan fingerprint density at radius 1 is 1.33 bits per heavy atom. The number of benzene rings is 1. The fourth-order valence-corrected chi connectivity index (χ4v) is 2.50. The maximum Gasteiger partial charge on any atom is 0.234 e. The Hall–Kier alpha value is -0.770. The molecule has 0 bridgehead atoms. The molecule has 0 radical (unpaired) electrons. The average molecular weight is 331 g/mol. The van der Waals surface area contributed by atoms with Crippen LogP contribution in [0.1, 0.15) is 32.3 Å². The molecule has 1 amide bonds. The number of amides is 1. The van der Waals surface area contributed by atoms with Gasteiger partial charge in [0.2, 0.25) is 5.91 Å². The Morgan fingerprint density at radius 2 is 2.00 bits per heavy atom. The second kappa shape index (κ2) is 8.02. The second-order valence-electron chi connectivity index (χ2n) is 6.27. The second-order valence-corrected chi connectivity index (χ2v) is 6.68. The van der Waals surface area contributed by atoms with E-state index in [0.717, 1.165) is 29.5 Å². The smallest absolute Gasteiger partial charge is 0.234 e. The molecule has 1 saturated carbocycles.